The number of nitrogens with one attached hydrogen (secondary N) is 1. The van der Waals surface area contributed by atoms with Gasteiger partial charge >= 0.3 is 0 Å². The summed E-state index contributed by atoms with van der Waals surface area (Å²) >= 11 is 1.87. The first-order chi connectivity index (χ1) is 8.72. The molecule has 2 rings (SSSR count). The molecule has 1 aromatic rings. The van der Waals surface area contributed by atoms with E-state index in [0.29, 0.717) is 6.04 Å². The maximum atomic E-state index is 3.56. The van der Waals surface area contributed by atoms with Gasteiger partial charge in [-0.05, 0) is 57.8 Å². The van der Waals surface area contributed by atoms with Crippen molar-refractivity contribution < 1.29 is 0 Å². The van der Waals surface area contributed by atoms with Crippen molar-refractivity contribution in [3.05, 3.63) is 22.4 Å². The molecule has 1 aliphatic rings. The minimum atomic E-state index is 0.236. The average Bonchev–Trinajstić information content (AvgIpc) is 2.94. The molecule has 0 amide bonds. The van der Waals surface area contributed by atoms with E-state index in [0.717, 1.165) is 0 Å². The van der Waals surface area contributed by atoms with Crippen LogP contribution in [0.5, 0.6) is 0 Å². The number of likely N-dealkylation sites (N-methyl/N-ethyl adjacent to an activating group) is 1. The molecule has 3 heteroatoms. The molecule has 2 nitrogen and oxygen atoms in total. The van der Waals surface area contributed by atoms with Gasteiger partial charge in [-0.1, -0.05) is 19.4 Å². The van der Waals surface area contributed by atoms with Gasteiger partial charge in [0.1, 0.15) is 0 Å². The Kier molecular flexibility index (Phi) is 4.82. The third-order valence-corrected chi connectivity index (χ3v) is 5.47. The SMILES string of the molecule is CCC(C)(C(NC)c1cccs1)N1CCCCC1. The molecule has 2 atom stereocenters. The normalized spacial score (nSPS) is 22.6. The summed E-state index contributed by atoms with van der Waals surface area (Å²) in [7, 11) is 2.10. The second-order valence-electron chi connectivity index (χ2n) is 5.50. The van der Waals surface area contributed by atoms with E-state index in [1.807, 2.05) is 11.3 Å². The van der Waals surface area contributed by atoms with Crippen molar-refractivity contribution in [2.75, 3.05) is 20.1 Å². The molecule has 0 saturated carbocycles. The summed E-state index contributed by atoms with van der Waals surface area (Å²) in [4.78, 5) is 4.17. The summed E-state index contributed by atoms with van der Waals surface area (Å²) in [5, 5.41) is 5.75. The van der Waals surface area contributed by atoms with Gasteiger partial charge < -0.3 is 5.32 Å². The second-order valence-corrected chi connectivity index (χ2v) is 6.47. The van der Waals surface area contributed by atoms with Gasteiger partial charge in [0.05, 0.1) is 6.04 Å². The zero-order chi connectivity index (χ0) is 13.0. The maximum absolute atomic E-state index is 3.56. The zero-order valence-corrected chi connectivity index (χ0v) is 12.7. The molecular weight excluding hydrogens is 240 g/mol. The Hall–Kier alpha value is -0.380. The average molecular weight is 266 g/mol. The van der Waals surface area contributed by atoms with Crippen LogP contribution in [0.3, 0.4) is 0 Å². The Morgan fingerprint density at radius 2 is 2.11 bits per heavy atom. The molecule has 0 bridgehead atoms. The molecule has 0 aliphatic carbocycles. The van der Waals surface area contributed by atoms with Gasteiger partial charge in [0.25, 0.3) is 0 Å². The van der Waals surface area contributed by atoms with E-state index in [1.165, 1.54) is 43.6 Å². The zero-order valence-electron chi connectivity index (χ0n) is 11.9. The lowest BCUT2D eigenvalue weighted by Gasteiger charge is -2.47. The van der Waals surface area contributed by atoms with Crippen molar-refractivity contribution in [1.82, 2.24) is 10.2 Å². The quantitative estimate of drug-likeness (QED) is 0.875. The van der Waals surface area contributed by atoms with Crippen molar-refractivity contribution >= 4 is 11.3 Å². The predicted octanol–water partition coefficient (Wildman–Crippen LogP) is 3.66. The number of piperidine rings is 1. The van der Waals surface area contributed by atoms with E-state index in [2.05, 4.69) is 48.6 Å². The molecule has 0 radical (unpaired) electrons. The highest BCUT2D eigenvalue weighted by atomic mass is 32.1. The van der Waals surface area contributed by atoms with Gasteiger partial charge in [-0.2, -0.15) is 0 Å². The smallest absolute Gasteiger partial charge is 0.0596 e. The van der Waals surface area contributed by atoms with Crippen LogP contribution in [0, 0.1) is 0 Å². The lowest BCUT2D eigenvalue weighted by atomic mass is 9.84. The van der Waals surface area contributed by atoms with E-state index < -0.39 is 0 Å². The van der Waals surface area contributed by atoms with Crippen LogP contribution in [-0.2, 0) is 0 Å². The van der Waals surface area contributed by atoms with Gasteiger partial charge in [0, 0.05) is 10.4 Å². The van der Waals surface area contributed by atoms with Gasteiger partial charge in [-0.3, -0.25) is 4.90 Å². The van der Waals surface area contributed by atoms with Crippen LogP contribution in [0.25, 0.3) is 0 Å². The largest absolute Gasteiger partial charge is 0.311 e. The summed E-state index contributed by atoms with van der Waals surface area (Å²) in [6.45, 7) is 7.27. The lowest BCUT2D eigenvalue weighted by Crippen LogP contribution is -2.55. The molecule has 0 aromatic carbocycles. The van der Waals surface area contributed by atoms with Crippen LogP contribution in [0.1, 0.15) is 50.4 Å². The van der Waals surface area contributed by atoms with E-state index >= 15 is 0 Å². The number of thiophene rings is 1. The van der Waals surface area contributed by atoms with E-state index in [9.17, 15) is 0 Å². The van der Waals surface area contributed by atoms with E-state index in [1.54, 1.807) is 0 Å². The molecule has 1 fully saturated rings. The van der Waals surface area contributed by atoms with Gasteiger partial charge in [-0.15, -0.1) is 11.3 Å². The van der Waals surface area contributed by atoms with Crippen LogP contribution in [0.2, 0.25) is 0 Å². The van der Waals surface area contributed by atoms with Crippen molar-refractivity contribution in [2.45, 2.75) is 51.1 Å². The third kappa shape index (κ3) is 2.63. The number of hydrogen-bond donors (Lipinski definition) is 1. The minimum Gasteiger partial charge on any atom is -0.311 e. The molecule has 2 heterocycles. The number of rotatable bonds is 5. The molecule has 18 heavy (non-hydrogen) atoms. The first-order valence-electron chi connectivity index (χ1n) is 7.18. The predicted molar refractivity (Wildman–Crippen MR) is 80.2 cm³/mol. The highest BCUT2D eigenvalue weighted by molar-refractivity contribution is 7.10. The van der Waals surface area contributed by atoms with Crippen molar-refractivity contribution in [2.24, 2.45) is 0 Å². The molecule has 1 saturated heterocycles. The Morgan fingerprint density at radius 3 is 2.61 bits per heavy atom. The van der Waals surface area contributed by atoms with Gasteiger partial charge in [0.2, 0.25) is 0 Å². The third-order valence-electron chi connectivity index (χ3n) is 4.53. The van der Waals surface area contributed by atoms with Crippen LogP contribution in [-0.4, -0.2) is 30.6 Å². The molecule has 1 aromatic heterocycles. The van der Waals surface area contributed by atoms with Crippen LogP contribution in [0.4, 0.5) is 0 Å². The summed E-state index contributed by atoms with van der Waals surface area (Å²) < 4.78 is 0. The molecule has 0 spiro atoms. The monoisotopic (exact) mass is 266 g/mol. The first kappa shape index (κ1) is 14.0. The molecular formula is C15H26N2S. The van der Waals surface area contributed by atoms with E-state index in [4.69, 9.17) is 0 Å². The standard InChI is InChI=1S/C15H26N2S/c1-4-15(2,17-10-6-5-7-11-17)14(16-3)13-9-8-12-18-13/h8-9,12,14,16H,4-7,10-11H2,1-3H3. The van der Waals surface area contributed by atoms with Crippen molar-refractivity contribution in [3.8, 4) is 0 Å². The van der Waals surface area contributed by atoms with Crippen molar-refractivity contribution in [1.29, 1.82) is 0 Å². The lowest BCUT2D eigenvalue weighted by molar-refractivity contribution is 0.0458. The highest BCUT2D eigenvalue weighted by Crippen LogP contribution is 2.37. The fraction of sp³-hybridized carbons (Fsp3) is 0.733. The number of hydrogen-bond acceptors (Lipinski definition) is 3. The van der Waals surface area contributed by atoms with E-state index in [-0.39, 0.29) is 5.54 Å². The molecule has 1 aliphatic heterocycles. The number of nitrogens with zero attached hydrogens (tertiary/aromatic N) is 1. The Balaban J connectivity index is 2.23. The van der Waals surface area contributed by atoms with Gasteiger partial charge in [-0.25, -0.2) is 0 Å². The van der Waals surface area contributed by atoms with Crippen LogP contribution in [0.15, 0.2) is 17.5 Å². The fourth-order valence-corrected chi connectivity index (χ4v) is 4.21. The summed E-state index contributed by atoms with van der Waals surface area (Å²) in [5.74, 6) is 0. The topological polar surface area (TPSA) is 15.3 Å². The minimum absolute atomic E-state index is 0.236. The summed E-state index contributed by atoms with van der Waals surface area (Å²) in [6.07, 6.45) is 5.31. The number of likely N-dealkylation sites (tertiary alicyclic amines) is 1. The second kappa shape index (κ2) is 6.18. The Morgan fingerprint density at radius 1 is 1.39 bits per heavy atom. The Labute approximate surface area is 115 Å². The Bertz CT molecular complexity index is 343. The highest BCUT2D eigenvalue weighted by Gasteiger charge is 2.39. The maximum Gasteiger partial charge on any atom is 0.0596 e. The molecule has 102 valence electrons. The molecule has 1 N–H and O–H groups in total. The van der Waals surface area contributed by atoms with Crippen LogP contribution < -0.4 is 5.32 Å². The molecule has 2 unspecified atom stereocenters. The first-order valence-corrected chi connectivity index (χ1v) is 8.06. The van der Waals surface area contributed by atoms with Crippen molar-refractivity contribution in [3.63, 3.8) is 0 Å². The van der Waals surface area contributed by atoms with Gasteiger partial charge in [0.15, 0.2) is 0 Å². The summed E-state index contributed by atoms with van der Waals surface area (Å²) in [5.41, 5.74) is 0.236. The summed E-state index contributed by atoms with van der Waals surface area (Å²) in [6, 6.07) is 4.88. The fourth-order valence-electron chi connectivity index (χ4n) is 3.23. The van der Waals surface area contributed by atoms with Crippen LogP contribution >= 0.6 is 11.3 Å².